The van der Waals surface area contributed by atoms with Crippen LogP contribution in [0.3, 0.4) is 0 Å². The molecule has 0 radical (unpaired) electrons. The van der Waals surface area contributed by atoms with Crippen molar-refractivity contribution in [1.29, 1.82) is 0 Å². The molecule has 0 aliphatic heterocycles. The van der Waals surface area contributed by atoms with Gasteiger partial charge in [0.05, 0.1) is 16.9 Å². The second kappa shape index (κ2) is 10.2. The van der Waals surface area contributed by atoms with E-state index in [9.17, 15) is 37.5 Å². The van der Waals surface area contributed by atoms with E-state index in [1.807, 2.05) is 0 Å². The molecule has 2 N–H and O–H groups in total. The van der Waals surface area contributed by atoms with Crippen LogP contribution in [0.2, 0.25) is 0 Å². The van der Waals surface area contributed by atoms with Crippen LogP contribution in [0.15, 0.2) is 58.3 Å². The van der Waals surface area contributed by atoms with Crippen molar-refractivity contribution < 1.29 is 27.9 Å². The van der Waals surface area contributed by atoms with E-state index < -0.39 is 41.9 Å². The number of aliphatic carboxylic acids is 1. The van der Waals surface area contributed by atoms with Gasteiger partial charge < -0.3 is 15.0 Å². The van der Waals surface area contributed by atoms with Crippen LogP contribution in [0.5, 0.6) is 0 Å². The van der Waals surface area contributed by atoms with E-state index in [1.54, 1.807) is 36.4 Å². The number of carboxylic acids is 1. The number of benzene rings is 2. The quantitative estimate of drug-likeness (QED) is 0.369. The van der Waals surface area contributed by atoms with Gasteiger partial charge in [0.15, 0.2) is 0 Å². The molecule has 10 nitrogen and oxygen atoms in total. The van der Waals surface area contributed by atoms with Crippen molar-refractivity contribution in [2.75, 3.05) is 0 Å². The molecule has 1 amide bonds. The van der Waals surface area contributed by atoms with Crippen molar-refractivity contribution in [1.82, 2.24) is 24.2 Å². The summed E-state index contributed by atoms with van der Waals surface area (Å²) in [6.45, 7) is 1.28. The highest BCUT2D eigenvalue weighted by Crippen LogP contribution is 2.26. The third-order valence-corrected chi connectivity index (χ3v) is 6.35. The van der Waals surface area contributed by atoms with E-state index >= 15 is 0 Å². The number of alkyl halides is 3. The lowest BCUT2D eigenvalue weighted by Crippen LogP contribution is -2.42. The smallest absolute Gasteiger partial charge is 0.408 e. The van der Waals surface area contributed by atoms with Gasteiger partial charge in [0.2, 0.25) is 0 Å². The number of fused-ring (bicyclic) bond motifs is 1. The first-order valence-electron chi connectivity index (χ1n) is 11.7. The van der Waals surface area contributed by atoms with Gasteiger partial charge in [0, 0.05) is 36.8 Å². The topological polar surface area (TPSA) is 128 Å². The lowest BCUT2D eigenvalue weighted by Gasteiger charge is -2.17. The van der Waals surface area contributed by atoms with Crippen LogP contribution in [-0.4, -0.2) is 48.1 Å². The van der Waals surface area contributed by atoms with Crippen LogP contribution in [-0.2, 0) is 24.8 Å². The van der Waals surface area contributed by atoms with E-state index in [0.29, 0.717) is 26.7 Å². The summed E-state index contributed by atoms with van der Waals surface area (Å²) in [6.07, 6.45) is -3.38. The number of hydrogen-bond acceptors (Lipinski definition) is 5. The molecule has 0 spiro atoms. The van der Waals surface area contributed by atoms with Gasteiger partial charge in [-0.15, -0.1) is 0 Å². The highest BCUT2D eigenvalue weighted by molar-refractivity contribution is 5.99. The number of amides is 1. The van der Waals surface area contributed by atoms with Crippen LogP contribution in [0.4, 0.5) is 13.2 Å². The normalized spacial score (nSPS) is 12.5. The molecule has 1 atom stereocenters. The number of carboxylic acid groups (broad SMARTS) is 1. The fourth-order valence-electron chi connectivity index (χ4n) is 4.52. The Hall–Kier alpha value is -4.68. The maximum absolute atomic E-state index is 13.0. The number of aromatic nitrogens is 4. The van der Waals surface area contributed by atoms with Crippen LogP contribution in [0.1, 0.15) is 27.3 Å². The van der Waals surface area contributed by atoms with Crippen LogP contribution in [0.25, 0.3) is 16.5 Å². The van der Waals surface area contributed by atoms with Crippen molar-refractivity contribution >= 4 is 22.6 Å². The lowest BCUT2D eigenvalue weighted by atomic mass is 9.97. The molecule has 39 heavy (non-hydrogen) atoms. The van der Waals surface area contributed by atoms with Crippen LogP contribution < -0.4 is 16.6 Å². The first-order valence-corrected chi connectivity index (χ1v) is 11.7. The number of halogens is 3. The van der Waals surface area contributed by atoms with Crippen LogP contribution in [0, 0.1) is 13.8 Å². The van der Waals surface area contributed by atoms with E-state index in [2.05, 4.69) is 10.4 Å². The minimum absolute atomic E-state index is 0.0306. The number of nitrogens with one attached hydrogen (secondary N) is 1. The monoisotopic (exact) mass is 543 g/mol. The van der Waals surface area contributed by atoms with Gasteiger partial charge in [0.1, 0.15) is 12.6 Å². The first-order chi connectivity index (χ1) is 18.3. The Morgan fingerprint density at radius 1 is 1.05 bits per heavy atom. The number of rotatable bonds is 7. The summed E-state index contributed by atoms with van der Waals surface area (Å²) in [5.74, 6) is -2.23. The average molecular weight is 544 g/mol. The van der Waals surface area contributed by atoms with Gasteiger partial charge in [-0.2, -0.15) is 18.3 Å². The number of nitrogens with zero attached hydrogens (tertiary/aromatic N) is 4. The lowest BCUT2D eigenvalue weighted by molar-refractivity contribution is -0.143. The second-order valence-electron chi connectivity index (χ2n) is 9.06. The van der Waals surface area contributed by atoms with Crippen molar-refractivity contribution in [3.05, 3.63) is 92.0 Å². The molecule has 0 unspecified atom stereocenters. The van der Waals surface area contributed by atoms with E-state index in [1.165, 1.54) is 37.7 Å². The van der Waals surface area contributed by atoms with Gasteiger partial charge in [-0.3, -0.25) is 14.3 Å². The minimum Gasteiger partial charge on any atom is -0.480 e. The summed E-state index contributed by atoms with van der Waals surface area (Å²) in [4.78, 5) is 50.3. The molecule has 0 saturated carbocycles. The number of carbonyl (C=O) groups is 2. The Morgan fingerprint density at radius 2 is 1.72 bits per heavy atom. The van der Waals surface area contributed by atoms with Gasteiger partial charge in [0.25, 0.3) is 11.5 Å². The Balaban J connectivity index is 1.70. The number of carbonyl (C=O) groups excluding carboxylic acids is 1. The Kier molecular flexibility index (Phi) is 7.18. The zero-order valence-corrected chi connectivity index (χ0v) is 21.1. The Morgan fingerprint density at radius 3 is 2.38 bits per heavy atom. The average Bonchev–Trinajstić information content (AvgIpc) is 3.12. The fourth-order valence-corrected chi connectivity index (χ4v) is 4.52. The predicted molar refractivity (Wildman–Crippen MR) is 135 cm³/mol. The van der Waals surface area contributed by atoms with Crippen molar-refractivity contribution in [2.45, 2.75) is 39.0 Å². The molecule has 2 heterocycles. The third kappa shape index (κ3) is 5.47. The first kappa shape index (κ1) is 27.4. The highest BCUT2D eigenvalue weighted by Gasteiger charge is 2.32. The number of aryl methyl sites for hydroxylation is 2. The molecule has 0 aliphatic rings. The fraction of sp³-hybridized carbons (Fsp3) is 0.269. The van der Waals surface area contributed by atoms with Crippen molar-refractivity contribution in [2.24, 2.45) is 7.05 Å². The SMILES string of the molecule is Cc1nn(CC(F)(F)F)c(C)c1C(=O)N[C@@H](Cc1cccc2c(-n3c(=O)ccn(C)c3=O)cccc12)C(=O)O. The summed E-state index contributed by atoms with van der Waals surface area (Å²) >= 11 is 0. The molecule has 0 saturated heterocycles. The zero-order valence-electron chi connectivity index (χ0n) is 21.1. The molecule has 204 valence electrons. The molecule has 4 aromatic rings. The van der Waals surface area contributed by atoms with E-state index in [-0.39, 0.29) is 23.4 Å². The Bertz CT molecular complexity index is 1720. The highest BCUT2D eigenvalue weighted by atomic mass is 19.4. The molecule has 2 aromatic carbocycles. The standard InChI is InChI=1S/C26H24F3N5O5/c1-14-22(15(2)33(31-14)13-26(27,28)29)23(36)30-19(24(37)38)12-16-6-4-8-18-17(16)7-5-9-20(18)34-21(35)10-11-32(3)25(34)39/h4-11,19H,12-13H2,1-3H3,(H,30,36)(H,37,38)/t19-/m0/s1. The molecule has 4 rings (SSSR count). The maximum Gasteiger partial charge on any atom is 0.408 e. The predicted octanol–water partition coefficient (Wildman–Crippen LogP) is 2.49. The minimum atomic E-state index is -4.55. The van der Waals surface area contributed by atoms with E-state index in [0.717, 1.165) is 4.57 Å². The molecule has 0 aliphatic carbocycles. The zero-order chi connectivity index (χ0) is 28.6. The summed E-state index contributed by atoms with van der Waals surface area (Å²) in [5.41, 5.74) is -0.440. The molecule has 0 bridgehead atoms. The molecular weight excluding hydrogens is 519 g/mol. The van der Waals surface area contributed by atoms with Gasteiger partial charge in [-0.25, -0.2) is 14.2 Å². The summed E-state index contributed by atoms with van der Waals surface area (Å²) < 4.78 is 41.5. The molecule has 0 fully saturated rings. The van der Waals surface area contributed by atoms with Crippen molar-refractivity contribution in [3.63, 3.8) is 0 Å². The van der Waals surface area contributed by atoms with E-state index in [4.69, 9.17) is 0 Å². The summed E-state index contributed by atoms with van der Waals surface area (Å²) in [7, 11) is 1.51. The molecule has 2 aromatic heterocycles. The molecule has 13 heteroatoms. The summed E-state index contributed by atoms with van der Waals surface area (Å²) in [6, 6.07) is 9.69. The van der Waals surface area contributed by atoms with Crippen LogP contribution >= 0.6 is 0 Å². The van der Waals surface area contributed by atoms with Gasteiger partial charge >= 0.3 is 17.8 Å². The third-order valence-electron chi connectivity index (χ3n) is 6.35. The largest absolute Gasteiger partial charge is 0.480 e. The summed E-state index contributed by atoms with van der Waals surface area (Å²) in [5, 5.41) is 17.1. The molecular formula is C26H24F3N5O5. The maximum atomic E-state index is 13.0. The van der Waals surface area contributed by atoms with Gasteiger partial charge in [-0.1, -0.05) is 30.3 Å². The van der Waals surface area contributed by atoms with Crippen molar-refractivity contribution in [3.8, 4) is 5.69 Å². The Labute approximate surface area is 218 Å². The second-order valence-corrected chi connectivity index (χ2v) is 9.06. The number of hydrogen-bond donors (Lipinski definition) is 2. The van der Waals surface area contributed by atoms with Gasteiger partial charge in [-0.05, 0) is 30.9 Å².